The first-order chi connectivity index (χ1) is 16.6. The number of nitrogens with zero attached hydrogens (tertiary/aromatic N) is 3. The molecule has 0 bridgehead atoms. The molecule has 34 heavy (non-hydrogen) atoms. The van der Waals surface area contributed by atoms with Crippen LogP contribution in [0.1, 0.15) is 18.4 Å². The average Bonchev–Trinajstić information content (AvgIpc) is 3.49. The van der Waals surface area contributed by atoms with Gasteiger partial charge in [-0.25, -0.2) is 4.79 Å². The van der Waals surface area contributed by atoms with Crippen LogP contribution < -0.4 is 25.0 Å². The molecule has 0 saturated carbocycles. The van der Waals surface area contributed by atoms with Crippen molar-refractivity contribution in [2.75, 3.05) is 55.9 Å². The molecule has 0 unspecified atom stereocenters. The van der Waals surface area contributed by atoms with Crippen molar-refractivity contribution in [2.45, 2.75) is 12.8 Å². The lowest BCUT2D eigenvalue weighted by atomic mass is 10.2. The highest BCUT2D eigenvalue weighted by atomic mass is 32.1. The Kier molecular flexibility index (Phi) is 6.48. The number of terminal acetylenes is 1. The summed E-state index contributed by atoms with van der Waals surface area (Å²) in [4.78, 5) is 18.7. The van der Waals surface area contributed by atoms with E-state index in [2.05, 4.69) is 27.9 Å². The number of fused-ring (bicyclic) bond motifs is 2. The van der Waals surface area contributed by atoms with E-state index in [0.29, 0.717) is 13.3 Å². The van der Waals surface area contributed by atoms with E-state index < -0.39 is 6.03 Å². The molecule has 0 aliphatic carbocycles. The number of ether oxygens (including phenoxy) is 2. The predicted molar refractivity (Wildman–Crippen MR) is 137 cm³/mol. The maximum atomic E-state index is 12.1. The number of rotatable bonds is 7. The van der Waals surface area contributed by atoms with Crippen LogP contribution in [-0.2, 0) is 0 Å². The quantitative estimate of drug-likeness (QED) is 0.411. The number of thiophene rings is 1. The number of carbonyl (C=O) groups excluding carboxylic acids is 1. The molecule has 7 nitrogen and oxygen atoms in total. The zero-order valence-electron chi connectivity index (χ0n) is 19.0. The van der Waals surface area contributed by atoms with Crippen LogP contribution in [0.25, 0.3) is 10.1 Å². The Morgan fingerprint density at radius 1 is 1.06 bits per heavy atom. The van der Waals surface area contributed by atoms with Gasteiger partial charge in [0.1, 0.15) is 5.00 Å². The molecule has 2 N–H and O–H groups in total. The third kappa shape index (κ3) is 4.76. The zero-order chi connectivity index (χ0) is 23.5. The van der Waals surface area contributed by atoms with Gasteiger partial charge in [0.15, 0.2) is 11.5 Å². The maximum absolute atomic E-state index is 12.1. The largest absolute Gasteiger partial charge is 0.454 e. The van der Waals surface area contributed by atoms with Crippen LogP contribution in [0.5, 0.6) is 11.5 Å². The number of nitrogens with two attached hydrogens (primary N) is 1. The second-order valence-corrected chi connectivity index (χ2v) is 9.61. The van der Waals surface area contributed by atoms with Crippen LogP contribution in [0.4, 0.5) is 15.5 Å². The molecule has 0 radical (unpaired) electrons. The van der Waals surface area contributed by atoms with Crippen molar-refractivity contribution in [2.24, 2.45) is 5.73 Å². The normalized spacial score (nSPS) is 15.4. The Balaban J connectivity index is 1.10. The van der Waals surface area contributed by atoms with E-state index >= 15 is 0 Å². The first kappa shape index (κ1) is 22.4. The first-order valence-electron chi connectivity index (χ1n) is 11.5. The van der Waals surface area contributed by atoms with Crippen LogP contribution in [0.15, 0.2) is 42.5 Å². The number of hydrogen-bond acceptors (Lipinski definition) is 6. The van der Waals surface area contributed by atoms with Gasteiger partial charge in [0.05, 0.1) is 0 Å². The van der Waals surface area contributed by atoms with Gasteiger partial charge < -0.3 is 20.1 Å². The summed E-state index contributed by atoms with van der Waals surface area (Å²) in [7, 11) is 0. The summed E-state index contributed by atoms with van der Waals surface area (Å²) in [6, 6.07) is 13.6. The number of benzene rings is 2. The number of urea groups is 1. The molecule has 1 aromatic heterocycles. The SMILES string of the molecule is C#Cc1ccc2cc(N(CCCCN3CCN(c4ccc5c(c4)OCO5)CC3)C(N)=O)sc2c1. The first-order valence-corrected chi connectivity index (χ1v) is 12.4. The van der Waals surface area contributed by atoms with Crippen LogP contribution in [-0.4, -0.2) is 57.0 Å². The molecule has 8 heteroatoms. The molecule has 0 atom stereocenters. The molecule has 2 aliphatic heterocycles. The fourth-order valence-corrected chi connectivity index (χ4v) is 5.62. The summed E-state index contributed by atoms with van der Waals surface area (Å²) in [5.41, 5.74) is 7.72. The summed E-state index contributed by atoms with van der Waals surface area (Å²) >= 11 is 1.55. The maximum Gasteiger partial charge on any atom is 0.319 e. The van der Waals surface area contributed by atoms with Crippen molar-refractivity contribution >= 4 is 38.1 Å². The van der Waals surface area contributed by atoms with Gasteiger partial charge in [0.25, 0.3) is 0 Å². The van der Waals surface area contributed by atoms with E-state index in [1.165, 1.54) is 5.69 Å². The summed E-state index contributed by atoms with van der Waals surface area (Å²) in [5.74, 6) is 4.31. The molecular formula is C26H28N4O3S. The minimum Gasteiger partial charge on any atom is -0.454 e. The van der Waals surface area contributed by atoms with E-state index in [4.69, 9.17) is 21.6 Å². The van der Waals surface area contributed by atoms with Crippen molar-refractivity contribution in [1.82, 2.24) is 4.90 Å². The third-order valence-electron chi connectivity index (χ3n) is 6.41. The van der Waals surface area contributed by atoms with Crippen LogP contribution in [0.3, 0.4) is 0 Å². The van der Waals surface area contributed by atoms with Crippen molar-refractivity contribution in [3.63, 3.8) is 0 Å². The smallest absolute Gasteiger partial charge is 0.319 e. The van der Waals surface area contributed by atoms with E-state index in [1.807, 2.05) is 30.3 Å². The Morgan fingerprint density at radius 3 is 2.68 bits per heavy atom. The van der Waals surface area contributed by atoms with Crippen molar-refractivity contribution < 1.29 is 14.3 Å². The minimum absolute atomic E-state index is 0.301. The van der Waals surface area contributed by atoms with Gasteiger partial charge >= 0.3 is 6.03 Å². The van der Waals surface area contributed by atoms with Gasteiger partial charge in [-0.1, -0.05) is 12.0 Å². The van der Waals surface area contributed by atoms with Crippen molar-refractivity contribution in [3.05, 3.63) is 48.0 Å². The monoisotopic (exact) mass is 476 g/mol. The number of primary amides is 1. The van der Waals surface area contributed by atoms with E-state index in [9.17, 15) is 4.79 Å². The van der Waals surface area contributed by atoms with Crippen molar-refractivity contribution in [1.29, 1.82) is 0 Å². The summed E-state index contributed by atoms with van der Waals surface area (Å²) in [6.45, 7) is 5.92. The molecule has 3 aromatic rings. The number of carbonyl (C=O) groups is 1. The van der Waals surface area contributed by atoms with Gasteiger partial charge in [-0.3, -0.25) is 9.80 Å². The van der Waals surface area contributed by atoms with Crippen LogP contribution >= 0.6 is 11.3 Å². The Bertz CT molecular complexity index is 1230. The number of anilines is 2. The van der Waals surface area contributed by atoms with Gasteiger partial charge in [0.2, 0.25) is 6.79 Å². The summed E-state index contributed by atoms with van der Waals surface area (Å²) in [6.07, 6.45) is 7.42. The number of amides is 2. The Labute approximate surface area is 203 Å². The highest BCUT2D eigenvalue weighted by Crippen LogP contribution is 2.36. The molecule has 0 spiro atoms. The molecule has 5 rings (SSSR count). The summed E-state index contributed by atoms with van der Waals surface area (Å²) in [5, 5.41) is 1.94. The average molecular weight is 477 g/mol. The molecular weight excluding hydrogens is 448 g/mol. The molecule has 176 valence electrons. The number of hydrogen-bond donors (Lipinski definition) is 1. The lowest BCUT2D eigenvalue weighted by molar-refractivity contribution is 0.174. The van der Waals surface area contributed by atoms with Crippen LogP contribution in [0, 0.1) is 12.3 Å². The second-order valence-electron chi connectivity index (χ2n) is 8.54. The lowest BCUT2D eigenvalue weighted by Gasteiger charge is -2.36. The fourth-order valence-electron chi connectivity index (χ4n) is 4.49. The number of piperazine rings is 1. The van der Waals surface area contributed by atoms with Crippen LogP contribution in [0.2, 0.25) is 0 Å². The Morgan fingerprint density at radius 2 is 1.88 bits per heavy atom. The highest BCUT2D eigenvalue weighted by molar-refractivity contribution is 7.23. The standard InChI is InChI=1S/C26H28N4O3S/c1-2-19-5-6-20-16-25(34-24(20)15-19)30(26(27)31)10-4-3-9-28-11-13-29(14-12-28)21-7-8-22-23(17-21)33-18-32-22/h1,5-8,15-17H,3-4,9-14,18H2,(H2,27,31). The van der Waals surface area contributed by atoms with Gasteiger partial charge in [0, 0.05) is 54.7 Å². The molecule has 2 aromatic carbocycles. The fraction of sp³-hybridized carbons (Fsp3) is 0.346. The van der Waals surface area contributed by atoms with Gasteiger partial charge in [-0.2, -0.15) is 0 Å². The summed E-state index contributed by atoms with van der Waals surface area (Å²) < 4.78 is 12.0. The molecule has 2 amide bonds. The van der Waals surface area contributed by atoms with E-state index in [0.717, 1.165) is 77.7 Å². The van der Waals surface area contributed by atoms with Gasteiger partial charge in [-0.05, 0) is 55.1 Å². The Hall–Kier alpha value is -3.41. The molecule has 3 heterocycles. The second kappa shape index (κ2) is 9.84. The minimum atomic E-state index is -0.416. The molecule has 2 aliphatic rings. The molecule has 1 fully saturated rings. The number of unbranched alkanes of at least 4 members (excludes halogenated alkanes) is 1. The molecule has 1 saturated heterocycles. The predicted octanol–water partition coefficient (Wildman–Crippen LogP) is 4.10. The van der Waals surface area contributed by atoms with Crippen molar-refractivity contribution in [3.8, 4) is 23.8 Å². The highest BCUT2D eigenvalue weighted by Gasteiger charge is 2.21. The van der Waals surface area contributed by atoms with Gasteiger partial charge in [-0.15, -0.1) is 17.8 Å². The van der Waals surface area contributed by atoms with E-state index in [1.54, 1.807) is 16.2 Å². The third-order valence-corrected chi connectivity index (χ3v) is 7.53. The zero-order valence-corrected chi connectivity index (χ0v) is 19.9. The topological polar surface area (TPSA) is 71.3 Å². The lowest BCUT2D eigenvalue weighted by Crippen LogP contribution is -2.46. The van der Waals surface area contributed by atoms with E-state index in [-0.39, 0.29) is 0 Å².